The van der Waals surface area contributed by atoms with Crippen LogP contribution in [0, 0.1) is 12.8 Å². The van der Waals surface area contributed by atoms with Crippen LogP contribution in [0.4, 0.5) is 0 Å². The maximum absolute atomic E-state index is 12.4. The van der Waals surface area contributed by atoms with E-state index in [1.165, 1.54) is 17.7 Å². The molecule has 0 amide bonds. The van der Waals surface area contributed by atoms with Crippen LogP contribution in [0.2, 0.25) is 0 Å². The quantitative estimate of drug-likeness (QED) is 0.496. The molecule has 0 aromatic carbocycles. The van der Waals surface area contributed by atoms with Crippen LogP contribution in [-0.4, -0.2) is 46.3 Å². The molecule has 9 heteroatoms. The van der Waals surface area contributed by atoms with E-state index in [-0.39, 0.29) is 12.1 Å². The zero-order chi connectivity index (χ0) is 22.7. The molecule has 32 heavy (non-hydrogen) atoms. The van der Waals surface area contributed by atoms with Crippen molar-refractivity contribution < 1.29 is 19.0 Å². The maximum atomic E-state index is 12.4. The molecule has 0 radical (unpaired) electrons. The molecular weight excluding hydrogens is 412 g/mol. The summed E-state index contributed by atoms with van der Waals surface area (Å²) >= 11 is 0. The van der Waals surface area contributed by atoms with E-state index in [2.05, 4.69) is 19.7 Å². The molecule has 9 nitrogen and oxygen atoms in total. The highest BCUT2D eigenvalue weighted by atomic mass is 16.5. The highest BCUT2D eigenvalue weighted by molar-refractivity contribution is 5.70. The molecular formula is C23H24N4O5. The summed E-state index contributed by atoms with van der Waals surface area (Å²) in [6.45, 7) is 2.12. The minimum absolute atomic E-state index is 0.147. The largest absolute Gasteiger partial charge is 0.495 e. The van der Waals surface area contributed by atoms with Crippen molar-refractivity contribution in [2.24, 2.45) is 5.92 Å². The van der Waals surface area contributed by atoms with E-state index >= 15 is 0 Å². The SMILES string of the molecule is COC(=O)Cn1ccc(-c2cnc(C)nc2OCC2C[C@H]2c2ccc(OC)cn2)cc1=O. The molecule has 0 N–H and O–H groups in total. The molecule has 1 aliphatic carbocycles. The van der Waals surface area contributed by atoms with E-state index in [9.17, 15) is 9.59 Å². The summed E-state index contributed by atoms with van der Waals surface area (Å²) in [5.41, 5.74) is 1.94. The molecule has 0 saturated heterocycles. The van der Waals surface area contributed by atoms with E-state index in [1.54, 1.807) is 38.7 Å². The standard InChI is InChI=1S/C23H24N4O5/c1-14-24-11-19(15-6-7-27(21(28)9-15)12-22(29)31-3)23(26-14)32-13-16-8-18(16)20-5-4-17(30-2)10-25-20/h4-7,9-11,16,18H,8,12-13H2,1-3H3/t16?,18-/m1/s1. The minimum atomic E-state index is -0.493. The van der Waals surface area contributed by atoms with Gasteiger partial charge in [-0.3, -0.25) is 14.6 Å². The van der Waals surface area contributed by atoms with Crippen LogP contribution in [0.3, 0.4) is 0 Å². The van der Waals surface area contributed by atoms with Gasteiger partial charge in [0.2, 0.25) is 5.88 Å². The fourth-order valence-corrected chi connectivity index (χ4v) is 3.48. The molecule has 4 rings (SSSR count). The molecule has 1 aliphatic rings. The first-order chi connectivity index (χ1) is 15.5. The lowest BCUT2D eigenvalue weighted by Crippen LogP contribution is -2.23. The number of esters is 1. The van der Waals surface area contributed by atoms with Crippen molar-refractivity contribution in [2.45, 2.75) is 25.8 Å². The van der Waals surface area contributed by atoms with Crippen molar-refractivity contribution in [3.05, 3.63) is 64.7 Å². The first-order valence-corrected chi connectivity index (χ1v) is 10.2. The Labute approximate surface area is 185 Å². The second-order valence-electron chi connectivity index (χ2n) is 7.63. The molecule has 0 spiro atoms. The Morgan fingerprint density at radius 3 is 2.72 bits per heavy atom. The Balaban J connectivity index is 1.48. The average molecular weight is 436 g/mol. The number of rotatable bonds is 8. The van der Waals surface area contributed by atoms with Crippen molar-refractivity contribution in [1.29, 1.82) is 0 Å². The lowest BCUT2D eigenvalue weighted by Gasteiger charge is -2.12. The van der Waals surface area contributed by atoms with E-state index < -0.39 is 5.97 Å². The van der Waals surface area contributed by atoms with Gasteiger partial charge in [-0.25, -0.2) is 4.98 Å². The van der Waals surface area contributed by atoms with Gasteiger partial charge in [0.25, 0.3) is 5.56 Å². The summed E-state index contributed by atoms with van der Waals surface area (Å²) in [5.74, 6) is 1.93. The van der Waals surface area contributed by atoms with Gasteiger partial charge in [-0.2, -0.15) is 4.98 Å². The third-order valence-electron chi connectivity index (χ3n) is 5.44. The summed E-state index contributed by atoms with van der Waals surface area (Å²) in [6.07, 6.45) is 5.90. The van der Waals surface area contributed by atoms with Gasteiger partial charge < -0.3 is 18.8 Å². The summed E-state index contributed by atoms with van der Waals surface area (Å²) in [5, 5.41) is 0. The summed E-state index contributed by atoms with van der Waals surface area (Å²) < 4.78 is 17.1. The molecule has 3 aromatic heterocycles. The predicted molar refractivity (Wildman–Crippen MR) is 116 cm³/mol. The molecule has 0 aliphatic heterocycles. The molecule has 0 bridgehead atoms. The number of methoxy groups -OCH3 is 2. The van der Waals surface area contributed by atoms with Gasteiger partial charge in [0, 0.05) is 36.0 Å². The van der Waals surface area contributed by atoms with E-state index in [0.717, 1.165) is 17.9 Å². The zero-order valence-electron chi connectivity index (χ0n) is 18.1. The second-order valence-corrected chi connectivity index (χ2v) is 7.63. The van der Waals surface area contributed by atoms with Gasteiger partial charge in [0.05, 0.1) is 32.6 Å². The lowest BCUT2D eigenvalue weighted by molar-refractivity contribution is -0.141. The second kappa shape index (κ2) is 9.17. The van der Waals surface area contributed by atoms with Crippen LogP contribution < -0.4 is 15.0 Å². The third-order valence-corrected chi connectivity index (χ3v) is 5.44. The predicted octanol–water partition coefficient (Wildman–Crippen LogP) is 2.37. The van der Waals surface area contributed by atoms with Gasteiger partial charge >= 0.3 is 5.97 Å². The molecule has 3 heterocycles. The van der Waals surface area contributed by atoms with Crippen molar-refractivity contribution >= 4 is 5.97 Å². The number of nitrogens with zero attached hydrogens (tertiary/aromatic N) is 4. The van der Waals surface area contributed by atoms with Crippen LogP contribution in [0.1, 0.15) is 23.9 Å². The van der Waals surface area contributed by atoms with Crippen molar-refractivity contribution in [3.8, 4) is 22.8 Å². The van der Waals surface area contributed by atoms with E-state index in [1.807, 2.05) is 12.1 Å². The fraction of sp³-hybridized carbons (Fsp3) is 0.348. The van der Waals surface area contributed by atoms with Crippen LogP contribution in [0.15, 0.2) is 47.7 Å². The van der Waals surface area contributed by atoms with E-state index in [4.69, 9.17) is 9.47 Å². The molecule has 166 valence electrons. The number of ether oxygens (including phenoxy) is 3. The van der Waals surface area contributed by atoms with Crippen molar-refractivity contribution in [2.75, 3.05) is 20.8 Å². The molecule has 1 saturated carbocycles. The van der Waals surface area contributed by atoms with Crippen LogP contribution in [0.25, 0.3) is 11.1 Å². The van der Waals surface area contributed by atoms with Crippen LogP contribution >= 0.6 is 0 Å². The van der Waals surface area contributed by atoms with Crippen LogP contribution in [-0.2, 0) is 16.1 Å². The number of carbonyl (C=O) groups is 1. The molecule has 1 fully saturated rings. The lowest BCUT2D eigenvalue weighted by atomic mass is 10.1. The molecule has 2 atom stereocenters. The highest BCUT2D eigenvalue weighted by Crippen LogP contribution is 2.47. The topological polar surface area (TPSA) is 105 Å². The maximum Gasteiger partial charge on any atom is 0.325 e. The number of aryl methyl sites for hydroxylation is 1. The van der Waals surface area contributed by atoms with E-state index in [0.29, 0.717) is 41.3 Å². The number of aromatic nitrogens is 4. The normalized spacial score (nSPS) is 17.0. The first-order valence-electron chi connectivity index (χ1n) is 10.2. The first kappa shape index (κ1) is 21.5. The van der Waals surface area contributed by atoms with Crippen molar-refractivity contribution in [1.82, 2.24) is 19.5 Å². The number of hydrogen-bond donors (Lipinski definition) is 0. The monoisotopic (exact) mass is 436 g/mol. The van der Waals surface area contributed by atoms with Crippen LogP contribution in [0.5, 0.6) is 11.6 Å². The Hall–Kier alpha value is -3.75. The molecule has 3 aromatic rings. The molecule has 1 unspecified atom stereocenters. The van der Waals surface area contributed by atoms with Gasteiger partial charge in [-0.05, 0) is 37.1 Å². The average Bonchev–Trinajstić information content (AvgIpc) is 3.59. The Kier molecular flexibility index (Phi) is 6.16. The number of hydrogen-bond acceptors (Lipinski definition) is 8. The summed E-state index contributed by atoms with van der Waals surface area (Å²) in [6, 6.07) is 7.05. The summed E-state index contributed by atoms with van der Waals surface area (Å²) in [4.78, 5) is 37.0. The third kappa shape index (κ3) is 4.77. The van der Waals surface area contributed by atoms with Gasteiger partial charge in [0.15, 0.2) is 0 Å². The Bertz CT molecular complexity index is 1180. The van der Waals surface area contributed by atoms with Gasteiger partial charge in [-0.15, -0.1) is 0 Å². The fourth-order valence-electron chi connectivity index (χ4n) is 3.48. The Morgan fingerprint density at radius 2 is 2.03 bits per heavy atom. The zero-order valence-corrected chi connectivity index (χ0v) is 18.1. The Morgan fingerprint density at radius 1 is 1.19 bits per heavy atom. The smallest absolute Gasteiger partial charge is 0.325 e. The van der Waals surface area contributed by atoms with Crippen molar-refractivity contribution in [3.63, 3.8) is 0 Å². The minimum Gasteiger partial charge on any atom is -0.495 e. The highest BCUT2D eigenvalue weighted by Gasteiger charge is 2.40. The number of carbonyl (C=O) groups excluding carboxylic acids is 1. The summed E-state index contributed by atoms with van der Waals surface area (Å²) in [7, 11) is 2.90. The number of pyridine rings is 2. The van der Waals surface area contributed by atoms with Gasteiger partial charge in [-0.1, -0.05) is 0 Å². The van der Waals surface area contributed by atoms with Gasteiger partial charge in [0.1, 0.15) is 18.1 Å².